The summed E-state index contributed by atoms with van der Waals surface area (Å²) in [4.78, 5) is 25.1. The van der Waals surface area contributed by atoms with E-state index < -0.39 is 5.97 Å². The molecule has 1 aromatic carbocycles. The van der Waals surface area contributed by atoms with Gasteiger partial charge < -0.3 is 9.84 Å². The van der Waals surface area contributed by atoms with Crippen molar-refractivity contribution in [1.82, 2.24) is 4.90 Å². The largest absolute Gasteiger partial charge is 0.490 e. The Kier molecular flexibility index (Phi) is 4.91. The summed E-state index contributed by atoms with van der Waals surface area (Å²) >= 11 is 6.50. The van der Waals surface area contributed by atoms with Crippen LogP contribution in [0, 0.1) is 0 Å². The molecule has 1 unspecified atom stereocenters. The Bertz CT molecular complexity index is 744. The molecule has 2 heterocycles. The van der Waals surface area contributed by atoms with Crippen LogP contribution in [0.2, 0.25) is 0 Å². The van der Waals surface area contributed by atoms with Gasteiger partial charge in [-0.2, -0.15) is 0 Å². The summed E-state index contributed by atoms with van der Waals surface area (Å²) in [5.74, 6) is -0.119. The molecule has 2 aliphatic heterocycles. The Hall–Kier alpha value is -1.86. The Balaban J connectivity index is 1.72. The van der Waals surface area contributed by atoms with Crippen molar-refractivity contribution in [2.45, 2.75) is 32.3 Å². The van der Waals surface area contributed by atoms with Gasteiger partial charge in [-0.25, -0.2) is 0 Å². The molecule has 0 bridgehead atoms. The number of aliphatic carboxylic acids is 1. The monoisotopic (exact) mass is 363 g/mol. The van der Waals surface area contributed by atoms with Gasteiger partial charge in [0.15, 0.2) is 0 Å². The minimum Gasteiger partial charge on any atom is -0.490 e. The lowest BCUT2D eigenvalue weighted by atomic mass is 10.1. The van der Waals surface area contributed by atoms with Crippen LogP contribution in [0.15, 0.2) is 23.1 Å². The quantitative estimate of drug-likeness (QED) is 0.641. The van der Waals surface area contributed by atoms with Crippen molar-refractivity contribution < 1.29 is 19.4 Å². The summed E-state index contributed by atoms with van der Waals surface area (Å²) in [7, 11) is 0. The van der Waals surface area contributed by atoms with Gasteiger partial charge in [0.2, 0.25) is 0 Å². The second-order valence-corrected chi connectivity index (χ2v) is 7.51. The molecule has 1 aromatic rings. The Labute approximate surface area is 149 Å². The standard InChI is InChI=1S/C17H17NO4S2/c1-10-7-12-8-11(4-5-13(12)22-10)9-14-16(21)18(17(23)24-14)6-2-3-15(19)20/h4-5,8-10H,2-3,6-7H2,1H3,(H,19,20)/b14-9-. The molecule has 126 valence electrons. The zero-order valence-electron chi connectivity index (χ0n) is 13.2. The Morgan fingerprint density at radius 1 is 1.54 bits per heavy atom. The fourth-order valence-electron chi connectivity index (χ4n) is 2.76. The second kappa shape index (κ2) is 6.94. The highest BCUT2D eigenvalue weighted by Crippen LogP contribution is 2.34. The molecule has 1 atom stereocenters. The maximum absolute atomic E-state index is 12.5. The molecule has 1 N–H and O–H groups in total. The third-order valence-electron chi connectivity index (χ3n) is 3.86. The number of fused-ring (bicyclic) bond motifs is 1. The number of benzene rings is 1. The molecule has 0 aliphatic carbocycles. The highest BCUT2D eigenvalue weighted by Gasteiger charge is 2.31. The summed E-state index contributed by atoms with van der Waals surface area (Å²) in [5, 5.41) is 8.70. The van der Waals surface area contributed by atoms with Crippen molar-refractivity contribution in [2.24, 2.45) is 0 Å². The number of ether oxygens (including phenoxy) is 1. The van der Waals surface area contributed by atoms with Crippen LogP contribution < -0.4 is 4.74 Å². The van der Waals surface area contributed by atoms with Gasteiger partial charge in [-0.1, -0.05) is 30.0 Å². The van der Waals surface area contributed by atoms with Crippen LogP contribution in [0.4, 0.5) is 0 Å². The van der Waals surface area contributed by atoms with E-state index in [-0.39, 0.29) is 18.4 Å². The lowest BCUT2D eigenvalue weighted by Gasteiger charge is -2.13. The first-order valence-corrected chi connectivity index (χ1v) is 8.93. The van der Waals surface area contributed by atoms with E-state index in [9.17, 15) is 9.59 Å². The Morgan fingerprint density at radius 2 is 2.33 bits per heavy atom. The fourth-order valence-corrected chi connectivity index (χ4v) is 4.07. The average molecular weight is 363 g/mol. The first kappa shape index (κ1) is 17.0. The maximum Gasteiger partial charge on any atom is 0.303 e. The topological polar surface area (TPSA) is 66.8 Å². The van der Waals surface area contributed by atoms with E-state index in [1.54, 1.807) is 0 Å². The average Bonchev–Trinajstić information content (AvgIpc) is 3.00. The number of carbonyl (C=O) groups is 2. The van der Waals surface area contributed by atoms with E-state index in [2.05, 4.69) is 0 Å². The van der Waals surface area contributed by atoms with Crippen molar-refractivity contribution in [3.63, 3.8) is 0 Å². The number of hydrogen-bond acceptors (Lipinski definition) is 5. The van der Waals surface area contributed by atoms with Crippen LogP contribution in [0.3, 0.4) is 0 Å². The molecule has 3 rings (SSSR count). The molecule has 7 heteroatoms. The summed E-state index contributed by atoms with van der Waals surface area (Å²) < 4.78 is 6.16. The molecule has 24 heavy (non-hydrogen) atoms. The number of carboxylic acids is 1. The van der Waals surface area contributed by atoms with Gasteiger partial charge in [0.05, 0.1) is 4.91 Å². The number of rotatable bonds is 5. The van der Waals surface area contributed by atoms with E-state index in [0.29, 0.717) is 22.2 Å². The Morgan fingerprint density at radius 3 is 3.08 bits per heavy atom. The van der Waals surface area contributed by atoms with Crippen LogP contribution in [0.1, 0.15) is 30.9 Å². The highest BCUT2D eigenvalue weighted by molar-refractivity contribution is 8.26. The second-order valence-electron chi connectivity index (χ2n) is 5.83. The van der Waals surface area contributed by atoms with E-state index in [4.69, 9.17) is 22.1 Å². The van der Waals surface area contributed by atoms with Crippen LogP contribution >= 0.6 is 24.0 Å². The maximum atomic E-state index is 12.5. The van der Waals surface area contributed by atoms with Gasteiger partial charge in [-0.05, 0) is 42.7 Å². The number of hydrogen-bond donors (Lipinski definition) is 1. The first-order valence-electron chi connectivity index (χ1n) is 7.71. The number of thioether (sulfide) groups is 1. The van der Waals surface area contributed by atoms with Gasteiger partial charge in [-0.3, -0.25) is 14.5 Å². The summed E-state index contributed by atoms with van der Waals surface area (Å²) in [6.45, 7) is 2.37. The molecule has 1 saturated heterocycles. The van der Waals surface area contributed by atoms with Crippen molar-refractivity contribution in [1.29, 1.82) is 0 Å². The minimum atomic E-state index is -0.870. The number of nitrogens with zero attached hydrogens (tertiary/aromatic N) is 1. The molecule has 5 nitrogen and oxygen atoms in total. The predicted octanol–water partition coefficient (Wildman–Crippen LogP) is 3.08. The third kappa shape index (κ3) is 3.62. The number of amides is 1. The number of thiocarbonyl (C=S) groups is 1. The number of carbonyl (C=O) groups excluding carboxylic acids is 1. The van der Waals surface area contributed by atoms with Gasteiger partial charge in [0, 0.05) is 19.4 Å². The summed E-state index contributed by atoms with van der Waals surface area (Å²) in [6, 6.07) is 5.89. The van der Waals surface area contributed by atoms with E-state index >= 15 is 0 Å². The highest BCUT2D eigenvalue weighted by atomic mass is 32.2. The summed E-state index contributed by atoms with van der Waals surface area (Å²) in [5.41, 5.74) is 2.09. The van der Waals surface area contributed by atoms with Crippen LogP contribution in [-0.4, -0.2) is 38.9 Å². The fraction of sp³-hybridized carbons (Fsp3) is 0.353. The molecular formula is C17H17NO4S2. The molecule has 2 aliphatic rings. The molecular weight excluding hydrogens is 346 g/mol. The molecule has 0 saturated carbocycles. The molecule has 0 radical (unpaired) electrons. The van der Waals surface area contributed by atoms with E-state index in [0.717, 1.165) is 23.3 Å². The van der Waals surface area contributed by atoms with Gasteiger partial charge in [0.25, 0.3) is 5.91 Å². The van der Waals surface area contributed by atoms with Crippen molar-refractivity contribution in [3.05, 3.63) is 34.2 Å². The van der Waals surface area contributed by atoms with Crippen LogP contribution in [-0.2, 0) is 16.0 Å². The van der Waals surface area contributed by atoms with Gasteiger partial charge >= 0.3 is 5.97 Å². The predicted molar refractivity (Wildman–Crippen MR) is 97.0 cm³/mol. The van der Waals surface area contributed by atoms with Gasteiger partial charge in [-0.15, -0.1) is 0 Å². The number of carboxylic acid groups (broad SMARTS) is 1. The lowest BCUT2D eigenvalue weighted by Crippen LogP contribution is -2.29. The lowest BCUT2D eigenvalue weighted by molar-refractivity contribution is -0.137. The SMILES string of the molecule is CC1Cc2cc(/C=C3\SC(=S)N(CCCC(=O)O)C3=O)ccc2O1. The van der Waals surface area contributed by atoms with E-state index in [1.807, 2.05) is 31.2 Å². The van der Waals surface area contributed by atoms with Gasteiger partial charge in [0.1, 0.15) is 16.2 Å². The third-order valence-corrected chi connectivity index (χ3v) is 5.24. The zero-order valence-corrected chi connectivity index (χ0v) is 14.8. The minimum absolute atomic E-state index is 0.0269. The van der Waals surface area contributed by atoms with Crippen LogP contribution in [0.5, 0.6) is 5.75 Å². The zero-order chi connectivity index (χ0) is 17.3. The molecule has 0 aromatic heterocycles. The normalized spacial score (nSPS) is 21.3. The van der Waals surface area contributed by atoms with Crippen molar-refractivity contribution in [2.75, 3.05) is 6.54 Å². The molecule has 0 spiro atoms. The first-order chi connectivity index (χ1) is 11.4. The summed E-state index contributed by atoms with van der Waals surface area (Å²) in [6.07, 6.45) is 3.30. The van der Waals surface area contributed by atoms with Crippen molar-refractivity contribution in [3.8, 4) is 5.75 Å². The van der Waals surface area contributed by atoms with Crippen molar-refractivity contribution >= 4 is 46.3 Å². The van der Waals surface area contributed by atoms with E-state index in [1.165, 1.54) is 16.7 Å². The van der Waals surface area contributed by atoms with Crippen LogP contribution in [0.25, 0.3) is 6.08 Å². The molecule has 1 fully saturated rings. The smallest absolute Gasteiger partial charge is 0.303 e. The molecule has 1 amide bonds.